The number of aromatic nitrogens is 1. The second-order valence-electron chi connectivity index (χ2n) is 7.08. The van der Waals surface area contributed by atoms with Gasteiger partial charge in [-0.05, 0) is 46.3 Å². The standard InChI is InChI=1S/C20H14BrF2N3O/c1-25-17-8-24-16-7-15(23)14(21)6-13(16)18(17)20(19(25)27)9-26(10-20)12-4-2-11(22)3-5-12/h2-8H,9-10H2,1H3. The predicted molar refractivity (Wildman–Crippen MR) is 103 cm³/mol. The van der Waals surface area contributed by atoms with Crippen LogP contribution in [-0.4, -0.2) is 31.0 Å². The van der Waals surface area contributed by atoms with Gasteiger partial charge in [0.1, 0.15) is 17.0 Å². The van der Waals surface area contributed by atoms with Crippen LogP contribution in [0.15, 0.2) is 47.1 Å². The van der Waals surface area contributed by atoms with Gasteiger partial charge in [0.05, 0.1) is 21.9 Å². The first-order chi connectivity index (χ1) is 12.9. The molecular weight excluding hydrogens is 416 g/mol. The zero-order valence-corrected chi connectivity index (χ0v) is 15.9. The summed E-state index contributed by atoms with van der Waals surface area (Å²) in [4.78, 5) is 21.1. The van der Waals surface area contributed by atoms with Gasteiger partial charge in [-0.1, -0.05) is 0 Å². The zero-order chi connectivity index (χ0) is 18.9. The Balaban J connectivity index is 1.64. The molecule has 1 spiro atoms. The molecule has 2 aliphatic rings. The third-order valence-corrected chi connectivity index (χ3v) is 6.16. The van der Waals surface area contributed by atoms with E-state index in [1.54, 1.807) is 36.3 Å². The van der Waals surface area contributed by atoms with Crippen LogP contribution in [0.25, 0.3) is 10.9 Å². The molecule has 5 rings (SSSR count). The van der Waals surface area contributed by atoms with Gasteiger partial charge in [0.25, 0.3) is 0 Å². The number of amides is 1. The molecule has 0 atom stereocenters. The van der Waals surface area contributed by atoms with Crippen LogP contribution in [0.5, 0.6) is 0 Å². The van der Waals surface area contributed by atoms with Gasteiger partial charge >= 0.3 is 0 Å². The molecule has 0 N–H and O–H groups in total. The maximum Gasteiger partial charge on any atom is 0.241 e. The summed E-state index contributed by atoms with van der Waals surface area (Å²) in [5.74, 6) is -0.672. The number of halogens is 3. The first-order valence-corrected chi connectivity index (χ1v) is 9.27. The van der Waals surface area contributed by atoms with E-state index in [1.165, 1.54) is 18.2 Å². The second kappa shape index (κ2) is 5.48. The molecule has 3 heterocycles. The zero-order valence-electron chi connectivity index (χ0n) is 14.3. The SMILES string of the molecule is CN1C(=O)C2(CN(c3ccc(F)cc3)C2)c2c1cnc1cc(F)c(Br)cc21. The van der Waals surface area contributed by atoms with E-state index in [0.717, 1.165) is 22.3 Å². The highest BCUT2D eigenvalue weighted by Crippen LogP contribution is 2.50. The van der Waals surface area contributed by atoms with Crippen LogP contribution in [0.4, 0.5) is 20.2 Å². The Kier molecular flexibility index (Phi) is 3.37. The molecule has 2 aromatic carbocycles. The van der Waals surface area contributed by atoms with E-state index >= 15 is 0 Å². The van der Waals surface area contributed by atoms with Gasteiger partial charge in [-0.25, -0.2) is 8.78 Å². The third-order valence-electron chi connectivity index (χ3n) is 5.56. The molecule has 4 nitrogen and oxygen atoms in total. The lowest BCUT2D eigenvalue weighted by molar-refractivity contribution is -0.123. The van der Waals surface area contributed by atoms with Crippen LogP contribution in [-0.2, 0) is 10.2 Å². The Hall–Kier alpha value is -2.54. The van der Waals surface area contributed by atoms with Gasteiger partial charge in [0.15, 0.2) is 0 Å². The molecule has 7 heteroatoms. The van der Waals surface area contributed by atoms with Crippen LogP contribution in [0.3, 0.4) is 0 Å². The first-order valence-electron chi connectivity index (χ1n) is 8.48. The third kappa shape index (κ3) is 2.18. The molecule has 0 unspecified atom stereocenters. The van der Waals surface area contributed by atoms with Crippen molar-refractivity contribution in [3.63, 3.8) is 0 Å². The fraction of sp³-hybridized carbons (Fsp3) is 0.200. The largest absolute Gasteiger partial charge is 0.369 e. The summed E-state index contributed by atoms with van der Waals surface area (Å²) in [6.45, 7) is 0.978. The van der Waals surface area contributed by atoms with Crippen LogP contribution >= 0.6 is 15.9 Å². The molecule has 0 radical (unpaired) electrons. The predicted octanol–water partition coefficient (Wildman–Crippen LogP) is 4.01. The Bertz CT molecular complexity index is 1110. The number of carbonyl (C=O) groups excluding carboxylic acids is 1. The molecule has 1 saturated heterocycles. The minimum absolute atomic E-state index is 0.00519. The molecule has 2 aliphatic heterocycles. The number of hydrogen-bond donors (Lipinski definition) is 0. The average Bonchev–Trinajstić information content (AvgIpc) is 2.84. The highest BCUT2D eigenvalue weighted by Gasteiger charge is 2.58. The van der Waals surface area contributed by atoms with E-state index in [1.807, 2.05) is 4.90 Å². The van der Waals surface area contributed by atoms with Crippen molar-refractivity contribution in [1.82, 2.24) is 4.98 Å². The number of rotatable bonds is 1. The van der Waals surface area contributed by atoms with E-state index in [9.17, 15) is 13.6 Å². The number of hydrogen-bond acceptors (Lipinski definition) is 3. The van der Waals surface area contributed by atoms with E-state index in [2.05, 4.69) is 20.9 Å². The van der Waals surface area contributed by atoms with Gasteiger partial charge < -0.3 is 9.80 Å². The van der Waals surface area contributed by atoms with Crippen molar-refractivity contribution in [2.45, 2.75) is 5.41 Å². The normalized spacial score (nSPS) is 17.6. The highest BCUT2D eigenvalue weighted by atomic mass is 79.9. The monoisotopic (exact) mass is 429 g/mol. The van der Waals surface area contributed by atoms with Crippen molar-refractivity contribution < 1.29 is 13.6 Å². The summed E-state index contributed by atoms with van der Waals surface area (Å²) in [5, 5.41) is 0.775. The van der Waals surface area contributed by atoms with E-state index < -0.39 is 5.41 Å². The summed E-state index contributed by atoms with van der Waals surface area (Å²) in [6.07, 6.45) is 1.64. The Labute approximate surface area is 162 Å². The van der Waals surface area contributed by atoms with Crippen molar-refractivity contribution in [3.05, 3.63) is 64.3 Å². The van der Waals surface area contributed by atoms with Crippen LogP contribution in [0.2, 0.25) is 0 Å². The summed E-state index contributed by atoms with van der Waals surface area (Å²) < 4.78 is 27.5. The van der Waals surface area contributed by atoms with Gasteiger partial charge in [-0.2, -0.15) is 0 Å². The van der Waals surface area contributed by atoms with Crippen LogP contribution in [0, 0.1) is 11.6 Å². The first kappa shape index (κ1) is 16.6. The number of anilines is 2. The summed E-state index contributed by atoms with van der Waals surface area (Å²) in [7, 11) is 1.74. The molecule has 27 heavy (non-hydrogen) atoms. The number of carbonyl (C=O) groups is 1. The minimum atomic E-state index is -0.697. The summed E-state index contributed by atoms with van der Waals surface area (Å²) in [6, 6.07) is 9.33. The molecular formula is C20H14BrF2N3O. The number of likely N-dealkylation sites (N-methyl/N-ethyl adjacent to an activating group) is 1. The fourth-order valence-electron chi connectivity index (χ4n) is 4.20. The quantitative estimate of drug-likeness (QED) is 0.586. The van der Waals surface area contributed by atoms with Crippen LogP contribution in [0.1, 0.15) is 5.56 Å². The summed E-state index contributed by atoms with van der Waals surface area (Å²) in [5.41, 5.74) is 2.34. The van der Waals surface area contributed by atoms with E-state index in [4.69, 9.17) is 0 Å². The number of benzene rings is 2. The van der Waals surface area contributed by atoms with Crippen molar-refractivity contribution in [3.8, 4) is 0 Å². The lowest BCUT2D eigenvalue weighted by Crippen LogP contribution is -2.64. The maximum atomic E-state index is 14.0. The van der Waals surface area contributed by atoms with Crippen molar-refractivity contribution in [2.75, 3.05) is 29.9 Å². The minimum Gasteiger partial charge on any atom is -0.369 e. The maximum absolute atomic E-state index is 14.0. The molecule has 0 saturated carbocycles. The van der Waals surface area contributed by atoms with Gasteiger partial charge in [-0.15, -0.1) is 0 Å². The number of fused-ring (bicyclic) bond motifs is 4. The summed E-state index contributed by atoms with van der Waals surface area (Å²) >= 11 is 3.24. The molecule has 136 valence electrons. The Morgan fingerprint density at radius 2 is 1.85 bits per heavy atom. The van der Waals surface area contributed by atoms with Gasteiger partial charge in [0.2, 0.25) is 5.91 Å². The van der Waals surface area contributed by atoms with E-state index in [0.29, 0.717) is 23.1 Å². The smallest absolute Gasteiger partial charge is 0.241 e. The fourth-order valence-corrected chi connectivity index (χ4v) is 4.55. The highest BCUT2D eigenvalue weighted by molar-refractivity contribution is 9.10. The molecule has 1 fully saturated rings. The van der Waals surface area contributed by atoms with Crippen molar-refractivity contribution in [2.24, 2.45) is 0 Å². The molecule has 0 bridgehead atoms. The van der Waals surface area contributed by atoms with Crippen LogP contribution < -0.4 is 9.80 Å². The molecule has 0 aliphatic carbocycles. The molecule has 1 aromatic heterocycles. The molecule has 1 amide bonds. The molecule has 3 aromatic rings. The average molecular weight is 430 g/mol. The Morgan fingerprint density at radius 3 is 2.56 bits per heavy atom. The van der Waals surface area contributed by atoms with Gasteiger partial charge in [0, 0.05) is 42.8 Å². The van der Waals surface area contributed by atoms with Crippen molar-refractivity contribution in [1.29, 1.82) is 0 Å². The van der Waals surface area contributed by atoms with E-state index in [-0.39, 0.29) is 17.5 Å². The number of pyridine rings is 1. The topological polar surface area (TPSA) is 36.4 Å². The lowest BCUT2D eigenvalue weighted by atomic mass is 9.73. The second-order valence-corrected chi connectivity index (χ2v) is 7.93. The van der Waals surface area contributed by atoms with Gasteiger partial charge in [-0.3, -0.25) is 9.78 Å². The number of nitrogens with zero attached hydrogens (tertiary/aromatic N) is 3. The lowest BCUT2D eigenvalue weighted by Gasteiger charge is -2.48. The Morgan fingerprint density at radius 1 is 1.15 bits per heavy atom. The van der Waals surface area contributed by atoms with Crippen molar-refractivity contribution >= 4 is 44.1 Å².